The maximum absolute atomic E-state index is 13.8. The second kappa shape index (κ2) is 9.67. The van der Waals surface area contributed by atoms with Gasteiger partial charge in [-0.2, -0.15) is 18.3 Å². The van der Waals surface area contributed by atoms with E-state index < -0.39 is 59.4 Å². The summed E-state index contributed by atoms with van der Waals surface area (Å²) in [6.45, 7) is 6.07. The van der Waals surface area contributed by atoms with E-state index >= 15 is 0 Å². The Bertz CT molecular complexity index is 1130. The Kier molecular flexibility index (Phi) is 7.30. The second-order valence-electron chi connectivity index (χ2n) is 9.94. The Morgan fingerprint density at radius 2 is 1.92 bits per heavy atom. The lowest BCUT2D eigenvalue weighted by molar-refractivity contribution is -0.175. The van der Waals surface area contributed by atoms with E-state index in [1.807, 2.05) is 0 Å². The van der Waals surface area contributed by atoms with Crippen molar-refractivity contribution in [2.75, 3.05) is 18.9 Å². The van der Waals surface area contributed by atoms with E-state index in [2.05, 4.69) is 10.4 Å². The number of nitrogens with one attached hydrogen (secondary N) is 2. The molecule has 12 nitrogen and oxygen atoms in total. The topological polar surface area (TPSA) is 160 Å². The molecule has 0 radical (unpaired) electrons. The number of likely N-dealkylation sites (N-methyl/N-ethyl adjacent to an activating group) is 1. The van der Waals surface area contributed by atoms with Crippen molar-refractivity contribution in [3.8, 4) is 0 Å². The molecule has 15 heteroatoms. The maximum atomic E-state index is 13.8. The number of aryl methyl sites for hydroxylation is 1. The lowest BCUT2D eigenvalue weighted by Gasteiger charge is -2.35. The van der Waals surface area contributed by atoms with Crippen LogP contribution in [0, 0.1) is 12.8 Å². The number of fused-ring (bicyclic) bond motifs is 2. The van der Waals surface area contributed by atoms with Gasteiger partial charge in [-0.3, -0.25) is 24.0 Å². The number of anilines is 1. The minimum atomic E-state index is -5.19. The summed E-state index contributed by atoms with van der Waals surface area (Å²) in [4.78, 5) is 65.5. The fourth-order valence-electron chi connectivity index (χ4n) is 4.80. The van der Waals surface area contributed by atoms with Gasteiger partial charge in [0.1, 0.15) is 23.9 Å². The SMILES string of the molecule is Cc1cc2n(n1)[C@@]1(C[C@@H](C(N)=O)N(C(=O)[C@H](CC(C)C)N(C)C(=O)[C@H](C)NC(=O)C(F)(F)F)C1)C(=O)N2. The van der Waals surface area contributed by atoms with Gasteiger partial charge in [0.25, 0.3) is 5.91 Å². The van der Waals surface area contributed by atoms with E-state index in [0.29, 0.717) is 11.5 Å². The van der Waals surface area contributed by atoms with Crippen molar-refractivity contribution in [3.63, 3.8) is 0 Å². The van der Waals surface area contributed by atoms with E-state index in [9.17, 15) is 37.1 Å². The molecule has 0 aromatic carbocycles. The number of amides is 5. The fourth-order valence-corrected chi connectivity index (χ4v) is 4.80. The number of aromatic nitrogens is 2. The fraction of sp³-hybridized carbons (Fsp3) is 0.636. The molecule has 1 aromatic heterocycles. The molecule has 3 rings (SSSR count). The highest BCUT2D eigenvalue weighted by atomic mass is 19.4. The zero-order chi connectivity index (χ0) is 28.0. The number of alkyl halides is 3. The van der Waals surface area contributed by atoms with Crippen molar-refractivity contribution >= 4 is 35.4 Å². The third kappa shape index (κ3) is 5.11. The van der Waals surface area contributed by atoms with Gasteiger partial charge < -0.3 is 26.2 Å². The molecular formula is C22H30F3N7O5. The highest BCUT2D eigenvalue weighted by Gasteiger charge is 2.59. The molecule has 1 spiro atoms. The summed E-state index contributed by atoms with van der Waals surface area (Å²) < 4.78 is 39.4. The van der Waals surface area contributed by atoms with Crippen molar-refractivity contribution in [1.29, 1.82) is 0 Å². The number of primary amides is 1. The number of nitrogens with zero attached hydrogens (tertiary/aromatic N) is 4. The molecule has 0 saturated carbocycles. The van der Waals surface area contributed by atoms with Crippen LogP contribution in [0.1, 0.15) is 39.3 Å². The summed E-state index contributed by atoms with van der Waals surface area (Å²) in [5.74, 6) is -5.01. The van der Waals surface area contributed by atoms with Gasteiger partial charge in [0.2, 0.25) is 17.7 Å². The summed E-state index contributed by atoms with van der Waals surface area (Å²) in [5.41, 5.74) is 4.81. The van der Waals surface area contributed by atoms with Crippen LogP contribution in [0.25, 0.3) is 0 Å². The molecule has 1 saturated heterocycles. The molecule has 4 N–H and O–H groups in total. The molecule has 0 bridgehead atoms. The highest BCUT2D eigenvalue weighted by molar-refractivity contribution is 6.03. The van der Waals surface area contributed by atoms with E-state index in [1.165, 1.54) is 11.7 Å². The Labute approximate surface area is 210 Å². The number of hydrogen-bond donors (Lipinski definition) is 3. The number of hydrogen-bond acceptors (Lipinski definition) is 6. The molecule has 1 aromatic rings. The first-order chi connectivity index (χ1) is 17.0. The third-order valence-electron chi connectivity index (χ3n) is 6.62. The van der Waals surface area contributed by atoms with E-state index in [4.69, 9.17) is 5.73 Å². The number of carbonyl (C=O) groups is 5. The highest BCUT2D eigenvalue weighted by Crippen LogP contribution is 2.41. The number of likely N-dealkylation sites (tertiary alicyclic amines) is 1. The smallest absolute Gasteiger partial charge is 0.368 e. The average molecular weight is 530 g/mol. The molecule has 1 fully saturated rings. The van der Waals surface area contributed by atoms with Gasteiger partial charge in [-0.15, -0.1) is 0 Å². The molecule has 204 valence electrons. The van der Waals surface area contributed by atoms with Crippen LogP contribution < -0.4 is 16.4 Å². The normalized spacial score (nSPS) is 22.6. The lowest BCUT2D eigenvalue weighted by atomic mass is 9.96. The van der Waals surface area contributed by atoms with Gasteiger partial charge in [0, 0.05) is 19.5 Å². The second-order valence-corrected chi connectivity index (χ2v) is 9.94. The van der Waals surface area contributed by atoms with Crippen molar-refractivity contribution in [2.24, 2.45) is 11.7 Å². The summed E-state index contributed by atoms with van der Waals surface area (Å²) >= 11 is 0. The number of carbonyl (C=O) groups excluding carboxylic acids is 5. The molecule has 2 aliphatic heterocycles. The van der Waals surface area contributed by atoms with E-state index in [0.717, 1.165) is 16.7 Å². The Hall–Kier alpha value is -3.65. The molecule has 37 heavy (non-hydrogen) atoms. The molecule has 5 amide bonds. The maximum Gasteiger partial charge on any atom is 0.471 e. The van der Waals surface area contributed by atoms with Crippen molar-refractivity contribution < 1.29 is 37.1 Å². The van der Waals surface area contributed by atoms with Gasteiger partial charge in [-0.05, 0) is 26.2 Å². The van der Waals surface area contributed by atoms with Crippen LogP contribution in [0.2, 0.25) is 0 Å². The van der Waals surface area contributed by atoms with Crippen molar-refractivity contribution in [2.45, 2.75) is 70.4 Å². The zero-order valence-electron chi connectivity index (χ0n) is 21.0. The minimum Gasteiger partial charge on any atom is -0.368 e. The van der Waals surface area contributed by atoms with Gasteiger partial charge in [0.05, 0.1) is 12.2 Å². The van der Waals surface area contributed by atoms with Gasteiger partial charge in [0.15, 0.2) is 5.54 Å². The monoisotopic (exact) mass is 529 g/mol. The van der Waals surface area contributed by atoms with Gasteiger partial charge in [-0.25, -0.2) is 4.68 Å². The number of nitrogens with two attached hydrogens (primary N) is 1. The number of rotatable bonds is 7. The average Bonchev–Trinajstić information content (AvgIpc) is 3.43. The van der Waals surface area contributed by atoms with Crippen LogP contribution in [0.15, 0.2) is 6.07 Å². The van der Waals surface area contributed by atoms with E-state index in [-0.39, 0.29) is 25.3 Å². The summed E-state index contributed by atoms with van der Waals surface area (Å²) in [6.07, 6.45) is -5.24. The van der Waals surface area contributed by atoms with Crippen LogP contribution in [-0.4, -0.2) is 87.0 Å². The molecule has 2 aliphatic rings. The standard InChI is InChI=1S/C22H30F3N7O5/c1-10(2)6-13(30(5)17(34)12(4)27-20(37)22(23,24)25)18(35)31-9-21(8-14(31)16(26)33)19(36)28-15-7-11(3)29-32(15)21/h7,10,12-14H,6,8-9H2,1-5H3,(H2,26,33)(H,27,37)(H,28,36)/t12-,13-,14-,21+/m0/s1. The lowest BCUT2D eigenvalue weighted by Crippen LogP contribution is -2.57. The summed E-state index contributed by atoms with van der Waals surface area (Å²) in [7, 11) is 1.23. The number of halogens is 3. The zero-order valence-corrected chi connectivity index (χ0v) is 21.0. The van der Waals surface area contributed by atoms with Crippen LogP contribution in [-0.2, 0) is 29.5 Å². The minimum absolute atomic E-state index is 0.0916. The molecule has 4 atom stereocenters. The third-order valence-corrected chi connectivity index (χ3v) is 6.62. The Morgan fingerprint density at radius 1 is 1.30 bits per heavy atom. The van der Waals surface area contributed by atoms with Crippen LogP contribution in [0.5, 0.6) is 0 Å². The molecule has 0 unspecified atom stereocenters. The van der Waals surface area contributed by atoms with Crippen LogP contribution in [0.4, 0.5) is 19.0 Å². The predicted octanol–water partition coefficient (Wildman–Crippen LogP) is -0.135. The van der Waals surface area contributed by atoms with Crippen LogP contribution in [0.3, 0.4) is 0 Å². The Balaban J connectivity index is 1.91. The molecular weight excluding hydrogens is 499 g/mol. The van der Waals surface area contributed by atoms with E-state index in [1.54, 1.807) is 32.2 Å². The first-order valence-corrected chi connectivity index (χ1v) is 11.6. The van der Waals surface area contributed by atoms with Crippen molar-refractivity contribution in [1.82, 2.24) is 24.9 Å². The van der Waals surface area contributed by atoms with Gasteiger partial charge >= 0.3 is 12.1 Å². The summed E-state index contributed by atoms with van der Waals surface area (Å²) in [6, 6.07) is -2.36. The van der Waals surface area contributed by atoms with Gasteiger partial charge in [-0.1, -0.05) is 13.8 Å². The first kappa shape index (κ1) is 27.9. The quantitative estimate of drug-likeness (QED) is 0.446. The summed E-state index contributed by atoms with van der Waals surface area (Å²) in [5, 5.41) is 8.61. The van der Waals surface area contributed by atoms with Crippen molar-refractivity contribution in [3.05, 3.63) is 11.8 Å². The molecule has 0 aliphatic carbocycles. The first-order valence-electron chi connectivity index (χ1n) is 11.6. The molecule has 3 heterocycles. The van der Waals surface area contributed by atoms with Crippen LogP contribution >= 0.6 is 0 Å². The Morgan fingerprint density at radius 3 is 2.46 bits per heavy atom. The largest absolute Gasteiger partial charge is 0.471 e. The predicted molar refractivity (Wildman–Crippen MR) is 123 cm³/mol.